The summed E-state index contributed by atoms with van der Waals surface area (Å²) in [6.45, 7) is 0. The summed E-state index contributed by atoms with van der Waals surface area (Å²) in [4.78, 5) is 5.57. The standard InChI is InChI=1S/C15H8BrNS/c16-12-8-9-4-1-2-5-10(9)13-11-6-3-7-17-15(11)18-14(12)13/h1-8H. The van der Waals surface area contributed by atoms with Crippen molar-refractivity contribution in [3.05, 3.63) is 53.1 Å². The van der Waals surface area contributed by atoms with Crippen molar-refractivity contribution in [1.82, 2.24) is 4.98 Å². The maximum Gasteiger partial charge on any atom is 0.124 e. The Hall–Kier alpha value is -1.45. The summed E-state index contributed by atoms with van der Waals surface area (Å²) in [6, 6.07) is 14.9. The van der Waals surface area contributed by atoms with Gasteiger partial charge in [0, 0.05) is 21.4 Å². The molecule has 0 amide bonds. The molecule has 0 bridgehead atoms. The van der Waals surface area contributed by atoms with E-state index in [-0.39, 0.29) is 0 Å². The number of benzene rings is 2. The van der Waals surface area contributed by atoms with Crippen LogP contribution in [0.15, 0.2) is 53.1 Å². The second kappa shape index (κ2) is 3.77. The molecule has 0 atom stereocenters. The summed E-state index contributed by atoms with van der Waals surface area (Å²) in [5.74, 6) is 0. The molecule has 86 valence electrons. The second-order valence-corrected chi connectivity index (χ2v) is 6.10. The molecule has 0 fully saturated rings. The van der Waals surface area contributed by atoms with Crippen molar-refractivity contribution in [2.45, 2.75) is 0 Å². The highest BCUT2D eigenvalue weighted by Crippen LogP contribution is 2.41. The topological polar surface area (TPSA) is 12.9 Å². The predicted octanol–water partition coefficient (Wildman–Crippen LogP) is 5.37. The van der Waals surface area contributed by atoms with E-state index < -0.39 is 0 Å². The predicted molar refractivity (Wildman–Crippen MR) is 82.3 cm³/mol. The molecule has 0 unspecified atom stereocenters. The lowest BCUT2D eigenvalue weighted by atomic mass is 10.1. The van der Waals surface area contributed by atoms with Crippen molar-refractivity contribution >= 4 is 58.3 Å². The van der Waals surface area contributed by atoms with Gasteiger partial charge in [-0.15, -0.1) is 11.3 Å². The van der Waals surface area contributed by atoms with Crippen LogP contribution in [0.25, 0.3) is 31.1 Å². The monoisotopic (exact) mass is 313 g/mol. The van der Waals surface area contributed by atoms with Crippen LogP contribution < -0.4 is 0 Å². The second-order valence-electron chi connectivity index (χ2n) is 4.24. The molecule has 1 nitrogen and oxygen atoms in total. The highest BCUT2D eigenvalue weighted by Gasteiger charge is 2.11. The fourth-order valence-electron chi connectivity index (χ4n) is 2.42. The summed E-state index contributed by atoms with van der Waals surface area (Å²) in [5, 5.41) is 5.12. The molecule has 2 aromatic heterocycles. The number of hydrogen-bond acceptors (Lipinski definition) is 2. The smallest absolute Gasteiger partial charge is 0.124 e. The molecule has 0 aliphatic rings. The molecular weight excluding hydrogens is 306 g/mol. The van der Waals surface area contributed by atoms with E-state index in [4.69, 9.17) is 0 Å². The van der Waals surface area contributed by atoms with Crippen LogP contribution in [-0.4, -0.2) is 4.98 Å². The molecular formula is C15H8BrNS. The van der Waals surface area contributed by atoms with E-state index in [1.54, 1.807) is 11.3 Å². The minimum absolute atomic E-state index is 1.10. The van der Waals surface area contributed by atoms with E-state index in [2.05, 4.69) is 57.3 Å². The first-order valence-electron chi connectivity index (χ1n) is 5.69. The number of halogens is 1. The Balaban J connectivity index is 2.41. The van der Waals surface area contributed by atoms with E-state index >= 15 is 0 Å². The number of rotatable bonds is 0. The van der Waals surface area contributed by atoms with Crippen molar-refractivity contribution < 1.29 is 0 Å². The van der Waals surface area contributed by atoms with Crippen LogP contribution in [-0.2, 0) is 0 Å². The van der Waals surface area contributed by atoms with Crippen LogP contribution in [0.2, 0.25) is 0 Å². The Kier molecular flexibility index (Phi) is 2.19. The Bertz CT molecular complexity index is 895. The van der Waals surface area contributed by atoms with Crippen LogP contribution in [0.1, 0.15) is 0 Å². The van der Waals surface area contributed by atoms with Crippen molar-refractivity contribution in [2.24, 2.45) is 0 Å². The zero-order valence-electron chi connectivity index (χ0n) is 9.35. The third kappa shape index (κ3) is 1.35. The van der Waals surface area contributed by atoms with Crippen molar-refractivity contribution in [1.29, 1.82) is 0 Å². The van der Waals surface area contributed by atoms with Gasteiger partial charge in [0.05, 0.1) is 4.70 Å². The molecule has 0 aliphatic heterocycles. The van der Waals surface area contributed by atoms with Gasteiger partial charge in [-0.05, 0) is 44.9 Å². The first-order chi connectivity index (χ1) is 8.84. The normalized spacial score (nSPS) is 11.6. The summed E-state index contributed by atoms with van der Waals surface area (Å²) < 4.78 is 2.43. The SMILES string of the molecule is Brc1cc2ccccc2c2c1sc1ncccc12. The van der Waals surface area contributed by atoms with Crippen LogP contribution in [0.4, 0.5) is 0 Å². The summed E-state index contributed by atoms with van der Waals surface area (Å²) >= 11 is 5.42. The maximum atomic E-state index is 4.46. The highest BCUT2D eigenvalue weighted by atomic mass is 79.9. The summed E-state index contributed by atoms with van der Waals surface area (Å²) in [6.07, 6.45) is 1.85. The molecule has 3 heteroatoms. The maximum absolute atomic E-state index is 4.46. The molecule has 0 N–H and O–H groups in total. The summed E-state index contributed by atoms with van der Waals surface area (Å²) in [7, 11) is 0. The van der Waals surface area contributed by atoms with Gasteiger partial charge in [0.2, 0.25) is 0 Å². The number of nitrogens with zero attached hydrogens (tertiary/aromatic N) is 1. The largest absolute Gasteiger partial charge is 0.245 e. The van der Waals surface area contributed by atoms with Gasteiger partial charge in [-0.1, -0.05) is 24.3 Å². The fraction of sp³-hybridized carbons (Fsp3) is 0. The lowest BCUT2D eigenvalue weighted by Crippen LogP contribution is -1.75. The number of fused-ring (bicyclic) bond motifs is 5. The molecule has 0 spiro atoms. The lowest BCUT2D eigenvalue weighted by Gasteiger charge is -2.02. The Morgan fingerprint density at radius 1 is 1.00 bits per heavy atom. The number of pyridine rings is 1. The van der Waals surface area contributed by atoms with Gasteiger partial charge in [-0.2, -0.15) is 0 Å². The average molecular weight is 314 g/mol. The van der Waals surface area contributed by atoms with Gasteiger partial charge in [-0.3, -0.25) is 0 Å². The minimum Gasteiger partial charge on any atom is -0.245 e. The van der Waals surface area contributed by atoms with Crippen LogP contribution in [0.5, 0.6) is 0 Å². The van der Waals surface area contributed by atoms with E-state index in [1.165, 1.54) is 26.2 Å². The third-order valence-corrected chi connectivity index (χ3v) is 5.23. The molecule has 2 heterocycles. The highest BCUT2D eigenvalue weighted by molar-refractivity contribution is 9.10. The van der Waals surface area contributed by atoms with Gasteiger partial charge in [0.15, 0.2) is 0 Å². The van der Waals surface area contributed by atoms with Crippen molar-refractivity contribution in [3.63, 3.8) is 0 Å². The lowest BCUT2D eigenvalue weighted by molar-refractivity contribution is 1.45. The Morgan fingerprint density at radius 2 is 1.83 bits per heavy atom. The van der Waals surface area contributed by atoms with Gasteiger partial charge in [0.1, 0.15) is 4.83 Å². The Morgan fingerprint density at radius 3 is 2.78 bits per heavy atom. The molecule has 4 aromatic rings. The zero-order valence-corrected chi connectivity index (χ0v) is 11.8. The van der Waals surface area contributed by atoms with E-state index in [9.17, 15) is 0 Å². The van der Waals surface area contributed by atoms with Crippen molar-refractivity contribution in [2.75, 3.05) is 0 Å². The number of thiophene rings is 1. The fourth-order valence-corrected chi connectivity index (χ4v) is 4.17. The first-order valence-corrected chi connectivity index (χ1v) is 7.30. The molecule has 4 rings (SSSR count). The molecule has 18 heavy (non-hydrogen) atoms. The van der Waals surface area contributed by atoms with Crippen LogP contribution in [0, 0.1) is 0 Å². The minimum atomic E-state index is 1.10. The molecule has 0 aliphatic carbocycles. The van der Waals surface area contributed by atoms with Crippen LogP contribution in [0.3, 0.4) is 0 Å². The van der Waals surface area contributed by atoms with Crippen LogP contribution >= 0.6 is 27.3 Å². The molecule has 0 saturated heterocycles. The molecule has 2 aromatic carbocycles. The quantitative estimate of drug-likeness (QED) is 0.425. The first kappa shape index (κ1) is 10.5. The molecule has 0 radical (unpaired) electrons. The number of aromatic nitrogens is 1. The zero-order chi connectivity index (χ0) is 12.1. The van der Waals surface area contributed by atoms with Gasteiger partial charge in [0.25, 0.3) is 0 Å². The van der Waals surface area contributed by atoms with E-state index in [0.717, 1.165) is 9.30 Å². The average Bonchev–Trinajstić information content (AvgIpc) is 2.79. The molecule has 0 saturated carbocycles. The van der Waals surface area contributed by atoms with E-state index in [1.807, 2.05) is 12.3 Å². The van der Waals surface area contributed by atoms with Crippen molar-refractivity contribution in [3.8, 4) is 0 Å². The van der Waals surface area contributed by atoms with E-state index in [0.29, 0.717) is 0 Å². The number of hydrogen-bond donors (Lipinski definition) is 0. The Labute approximate surface area is 116 Å². The third-order valence-electron chi connectivity index (χ3n) is 3.20. The van der Waals surface area contributed by atoms with Gasteiger partial charge in [-0.25, -0.2) is 4.98 Å². The van der Waals surface area contributed by atoms with Gasteiger partial charge < -0.3 is 0 Å². The summed E-state index contributed by atoms with van der Waals surface area (Å²) in [5.41, 5.74) is 0. The van der Waals surface area contributed by atoms with Gasteiger partial charge >= 0.3 is 0 Å².